The van der Waals surface area contributed by atoms with Gasteiger partial charge in [0, 0.05) is 0 Å². The van der Waals surface area contributed by atoms with Crippen LogP contribution in [0.3, 0.4) is 0 Å². The molecule has 0 radical (unpaired) electrons. The highest BCUT2D eigenvalue weighted by molar-refractivity contribution is 7.92. The SMILES string of the molecule is CC(C)S(=O)(=O)c1ccc(CCCF)cc1. The molecule has 0 amide bonds. The molecule has 2 nitrogen and oxygen atoms in total. The van der Waals surface area contributed by atoms with Gasteiger partial charge in [-0.2, -0.15) is 0 Å². The number of benzene rings is 1. The number of halogens is 1. The number of alkyl halides is 1. The number of rotatable bonds is 5. The number of sulfone groups is 1. The average Bonchev–Trinajstić information content (AvgIpc) is 2.26. The molecule has 0 N–H and O–H groups in total. The van der Waals surface area contributed by atoms with E-state index in [2.05, 4.69) is 0 Å². The van der Waals surface area contributed by atoms with Crippen LogP contribution in [0.2, 0.25) is 0 Å². The molecule has 0 aliphatic rings. The van der Waals surface area contributed by atoms with Crippen molar-refractivity contribution in [3.05, 3.63) is 29.8 Å². The average molecular weight is 244 g/mol. The van der Waals surface area contributed by atoms with Gasteiger partial charge in [0.1, 0.15) is 0 Å². The summed E-state index contributed by atoms with van der Waals surface area (Å²) in [7, 11) is -3.19. The maximum absolute atomic E-state index is 12.0. The predicted molar refractivity (Wildman–Crippen MR) is 63.1 cm³/mol. The minimum atomic E-state index is -3.19. The van der Waals surface area contributed by atoms with Crippen LogP contribution < -0.4 is 0 Å². The highest BCUT2D eigenvalue weighted by Crippen LogP contribution is 2.17. The van der Waals surface area contributed by atoms with Crippen LogP contribution in [0.15, 0.2) is 29.2 Å². The molecule has 1 aromatic rings. The topological polar surface area (TPSA) is 34.1 Å². The first-order valence-corrected chi connectivity index (χ1v) is 6.92. The van der Waals surface area contributed by atoms with Gasteiger partial charge < -0.3 is 0 Å². The Hall–Kier alpha value is -0.900. The monoisotopic (exact) mass is 244 g/mol. The van der Waals surface area contributed by atoms with E-state index in [4.69, 9.17) is 0 Å². The largest absolute Gasteiger partial charge is 0.251 e. The van der Waals surface area contributed by atoms with E-state index in [9.17, 15) is 12.8 Å². The maximum atomic E-state index is 12.0. The molecule has 0 bridgehead atoms. The van der Waals surface area contributed by atoms with Crippen molar-refractivity contribution in [1.29, 1.82) is 0 Å². The van der Waals surface area contributed by atoms with E-state index < -0.39 is 15.1 Å². The Balaban J connectivity index is 2.87. The molecule has 0 fully saturated rings. The van der Waals surface area contributed by atoms with Gasteiger partial charge in [-0.1, -0.05) is 12.1 Å². The van der Waals surface area contributed by atoms with Gasteiger partial charge >= 0.3 is 0 Å². The van der Waals surface area contributed by atoms with Crippen molar-refractivity contribution < 1.29 is 12.8 Å². The lowest BCUT2D eigenvalue weighted by Gasteiger charge is -2.08. The van der Waals surface area contributed by atoms with Crippen LogP contribution in [-0.2, 0) is 16.3 Å². The van der Waals surface area contributed by atoms with E-state index in [0.717, 1.165) is 5.56 Å². The molecule has 0 unspecified atom stereocenters. The summed E-state index contributed by atoms with van der Waals surface area (Å²) in [5, 5.41) is -0.413. The molecule has 0 atom stereocenters. The summed E-state index contributed by atoms with van der Waals surface area (Å²) < 4.78 is 35.6. The second kappa shape index (κ2) is 5.43. The first-order chi connectivity index (χ1) is 7.48. The van der Waals surface area contributed by atoms with E-state index in [1.165, 1.54) is 0 Å². The minimum Gasteiger partial charge on any atom is -0.251 e. The third-order valence-corrected chi connectivity index (χ3v) is 4.64. The van der Waals surface area contributed by atoms with E-state index in [1.807, 2.05) is 0 Å². The fourth-order valence-electron chi connectivity index (χ4n) is 1.39. The Labute approximate surface area is 96.4 Å². The lowest BCUT2D eigenvalue weighted by atomic mass is 10.1. The Kier molecular flexibility index (Phi) is 4.47. The molecular weight excluding hydrogens is 227 g/mol. The Morgan fingerprint density at radius 2 is 1.75 bits per heavy atom. The second-order valence-electron chi connectivity index (χ2n) is 4.03. The van der Waals surface area contributed by atoms with Crippen LogP contribution in [0.4, 0.5) is 4.39 Å². The third kappa shape index (κ3) is 3.04. The van der Waals surface area contributed by atoms with Crippen molar-refractivity contribution in [2.75, 3.05) is 6.67 Å². The zero-order chi connectivity index (χ0) is 12.2. The summed E-state index contributed by atoms with van der Waals surface area (Å²) in [4.78, 5) is 0.339. The van der Waals surface area contributed by atoms with Gasteiger partial charge in [-0.15, -0.1) is 0 Å². The Morgan fingerprint density at radius 1 is 1.19 bits per heavy atom. The molecule has 16 heavy (non-hydrogen) atoms. The van der Waals surface area contributed by atoms with Crippen LogP contribution in [0.1, 0.15) is 25.8 Å². The summed E-state index contributed by atoms with van der Waals surface area (Å²) >= 11 is 0. The van der Waals surface area contributed by atoms with Gasteiger partial charge in [0.05, 0.1) is 16.8 Å². The fourth-order valence-corrected chi connectivity index (χ4v) is 2.45. The normalized spacial score (nSPS) is 12.0. The molecule has 90 valence electrons. The molecule has 4 heteroatoms. The zero-order valence-corrected chi connectivity index (χ0v) is 10.4. The van der Waals surface area contributed by atoms with E-state index >= 15 is 0 Å². The second-order valence-corrected chi connectivity index (χ2v) is 6.53. The molecule has 0 spiro atoms. The highest BCUT2D eigenvalue weighted by atomic mass is 32.2. The molecular formula is C12H17FO2S. The Morgan fingerprint density at radius 3 is 2.19 bits per heavy atom. The summed E-state index contributed by atoms with van der Waals surface area (Å²) in [6.45, 7) is 2.98. The van der Waals surface area contributed by atoms with Gasteiger partial charge in [-0.3, -0.25) is 4.39 Å². The van der Waals surface area contributed by atoms with Crippen LogP contribution >= 0.6 is 0 Å². The molecule has 0 aliphatic heterocycles. The van der Waals surface area contributed by atoms with Crippen molar-refractivity contribution in [3.8, 4) is 0 Å². The minimum absolute atomic E-state index is 0.339. The van der Waals surface area contributed by atoms with Crippen LogP contribution in [0, 0.1) is 0 Å². The van der Waals surface area contributed by atoms with Gasteiger partial charge in [0.25, 0.3) is 0 Å². The first kappa shape index (κ1) is 13.2. The summed E-state index contributed by atoms with van der Waals surface area (Å²) in [6.07, 6.45) is 1.13. The molecule has 1 aromatic carbocycles. The lowest BCUT2D eigenvalue weighted by Crippen LogP contribution is -2.13. The van der Waals surface area contributed by atoms with Crippen molar-refractivity contribution >= 4 is 9.84 Å². The van der Waals surface area contributed by atoms with Gasteiger partial charge in [0.2, 0.25) is 0 Å². The summed E-state index contributed by atoms with van der Waals surface area (Å²) in [5.74, 6) is 0. The van der Waals surface area contributed by atoms with Gasteiger partial charge in [0.15, 0.2) is 9.84 Å². The number of hydrogen-bond donors (Lipinski definition) is 0. The molecule has 1 rings (SSSR count). The summed E-state index contributed by atoms with van der Waals surface area (Å²) in [6, 6.07) is 6.71. The van der Waals surface area contributed by atoms with Crippen LogP contribution in [-0.4, -0.2) is 20.3 Å². The van der Waals surface area contributed by atoms with Gasteiger partial charge in [-0.25, -0.2) is 8.42 Å². The smallest absolute Gasteiger partial charge is 0.180 e. The van der Waals surface area contributed by atoms with Gasteiger partial charge in [-0.05, 0) is 44.4 Å². The standard InChI is InChI=1S/C12H17FO2S/c1-10(2)16(14,15)12-7-5-11(6-8-12)4-3-9-13/h5-8,10H,3-4,9H2,1-2H3. The molecule has 0 aliphatic carbocycles. The third-order valence-electron chi connectivity index (χ3n) is 2.47. The molecule has 0 aromatic heterocycles. The van der Waals surface area contributed by atoms with Crippen LogP contribution in [0.25, 0.3) is 0 Å². The molecule has 0 saturated heterocycles. The predicted octanol–water partition coefficient (Wildman–Crippen LogP) is 2.77. The van der Waals surface area contributed by atoms with Crippen molar-refractivity contribution in [1.82, 2.24) is 0 Å². The molecule has 0 heterocycles. The quantitative estimate of drug-likeness (QED) is 0.798. The number of aryl methyl sites for hydroxylation is 1. The molecule has 0 saturated carbocycles. The van der Waals surface area contributed by atoms with E-state index in [-0.39, 0.29) is 6.67 Å². The number of hydrogen-bond acceptors (Lipinski definition) is 2. The maximum Gasteiger partial charge on any atom is 0.180 e. The van der Waals surface area contributed by atoms with Crippen molar-refractivity contribution in [2.45, 2.75) is 36.8 Å². The zero-order valence-electron chi connectivity index (χ0n) is 9.61. The Bertz CT molecular complexity index is 421. The highest BCUT2D eigenvalue weighted by Gasteiger charge is 2.18. The van der Waals surface area contributed by atoms with Crippen molar-refractivity contribution in [2.24, 2.45) is 0 Å². The first-order valence-electron chi connectivity index (χ1n) is 5.37. The fraction of sp³-hybridized carbons (Fsp3) is 0.500. The van der Waals surface area contributed by atoms with Crippen LogP contribution in [0.5, 0.6) is 0 Å². The van der Waals surface area contributed by atoms with E-state index in [0.29, 0.717) is 17.7 Å². The van der Waals surface area contributed by atoms with Crippen molar-refractivity contribution in [3.63, 3.8) is 0 Å². The summed E-state index contributed by atoms with van der Waals surface area (Å²) in [5.41, 5.74) is 0.973. The van der Waals surface area contributed by atoms with E-state index in [1.54, 1.807) is 38.1 Å². The lowest BCUT2D eigenvalue weighted by molar-refractivity contribution is 0.473.